The maximum atomic E-state index is 9.92. The van der Waals surface area contributed by atoms with E-state index in [2.05, 4.69) is 29.0 Å². The highest BCUT2D eigenvalue weighted by Crippen LogP contribution is 2.52. The molecule has 5 atom stereocenters. The second kappa shape index (κ2) is 11.7. The summed E-state index contributed by atoms with van der Waals surface area (Å²) in [7, 11) is 0. The zero-order chi connectivity index (χ0) is 19.5. The Hall–Kier alpha value is -1.80. The van der Waals surface area contributed by atoms with Crippen LogP contribution in [0.4, 0.5) is 0 Å². The van der Waals surface area contributed by atoms with Gasteiger partial charge in [0.15, 0.2) is 0 Å². The maximum absolute atomic E-state index is 9.92. The molecule has 0 aromatic heterocycles. The Bertz CT molecular complexity index is 518. The van der Waals surface area contributed by atoms with Gasteiger partial charge in [-0.25, -0.2) is 9.59 Å². The molecule has 146 valence electrons. The molecular formula is C19H28O7. The second-order valence-corrected chi connectivity index (χ2v) is 6.41. The molecule has 26 heavy (non-hydrogen) atoms. The molecule has 7 heteroatoms. The monoisotopic (exact) mass is 368 g/mol. The number of aliphatic hydroxyl groups excluding tert-OH is 4. The van der Waals surface area contributed by atoms with Crippen LogP contribution < -0.4 is 0 Å². The number of fused-ring (bicyclic) bond motifs is 5. The topological polar surface area (TPSA) is 124 Å². The summed E-state index contributed by atoms with van der Waals surface area (Å²) in [6.45, 7) is 1.14. The lowest BCUT2D eigenvalue weighted by Gasteiger charge is -2.18. The van der Waals surface area contributed by atoms with Gasteiger partial charge in [0.2, 0.25) is 0 Å². The number of hydrogen-bond donors (Lipinski definition) is 4. The molecule has 4 N–H and O–H groups in total. The lowest BCUT2D eigenvalue weighted by atomic mass is 9.86. The first-order valence-corrected chi connectivity index (χ1v) is 8.72. The third-order valence-corrected chi connectivity index (χ3v) is 4.38. The summed E-state index contributed by atoms with van der Waals surface area (Å²) < 4.78 is 3.97. The first-order chi connectivity index (χ1) is 12.4. The molecule has 1 aliphatic heterocycles. The molecule has 5 unspecified atom stereocenters. The van der Waals surface area contributed by atoms with Crippen molar-refractivity contribution in [2.75, 3.05) is 19.8 Å². The summed E-state index contributed by atoms with van der Waals surface area (Å²) in [6, 6.07) is 0. The van der Waals surface area contributed by atoms with Crippen LogP contribution in [0, 0.1) is 23.7 Å². The Labute approximate surface area is 153 Å². The van der Waals surface area contributed by atoms with Crippen molar-refractivity contribution in [2.45, 2.75) is 25.9 Å². The van der Waals surface area contributed by atoms with Crippen LogP contribution in [0.3, 0.4) is 0 Å². The van der Waals surface area contributed by atoms with Gasteiger partial charge in [0.05, 0.1) is 25.9 Å². The SMILES string of the molecule is C1=CC2C3C=CC(C3)C2C1.CC(O)CO.O=C1C=CC(=O)O1.OCCO. The van der Waals surface area contributed by atoms with Crippen LogP contribution in [-0.4, -0.2) is 58.3 Å². The Morgan fingerprint density at radius 1 is 1.04 bits per heavy atom. The van der Waals surface area contributed by atoms with Crippen molar-refractivity contribution < 1.29 is 34.8 Å². The molecule has 3 aliphatic carbocycles. The average Bonchev–Trinajstić information content (AvgIpc) is 3.39. The molecule has 0 aromatic rings. The van der Waals surface area contributed by atoms with Crippen molar-refractivity contribution in [1.82, 2.24) is 0 Å². The third kappa shape index (κ3) is 7.21. The molecule has 2 bridgehead atoms. The first-order valence-electron chi connectivity index (χ1n) is 8.72. The number of carbonyl (C=O) groups excluding carboxylic acids is 2. The number of rotatable bonds is 2. The molecular weight excluding hydrogens is 340 g/mol. The number of cyclic esters (lactones) is 2. The quantitative estimate of drug-likeness (QED) is 0.315. The molecule has 0 spiro atoms. The van der Waals surface area contributed by atoms with E-state index < -0.39 is 18.0 Å². The maximum Gasteiger partial charge on any atom is 0.338 e. The highest BCUT2D eigenvalue weighted by atomic mass is 16.6. The van der Waals surface area contributed by atoms with Crippen LogP contribution in [0.15, 0.2) is 36.5 Å². The normalized spacial score (nSPS) is 29.7. The van der Waals surface area contributed by atoms with Crippen LogP contribution in [0.1, 0.15) is 19.8 Å². The molecule has 7 nitrogen and oxygen atoms in total. The lowest BCUT2D eigenvalue weighted by molar-refractivity contribution is -0.150. The minimum absolute atomic E-state index is 0.125. The number of aliphatic hydroxyl groups is 4. The highest BCUT2D eigenvalue weighted by molar-refractivity contribution is 6.04. The second-order valence-electron chi connectivity index (χ2n) is 6.41. The number of ether oxygens (including phenoxy) is 1. The van der Waals surface area contributed by atoms with Crippen molar-refractivity contribution >= 4 is 11.9 Å². The van der Waals surface area contributed by atoms with E-state index in [-0.39, 0.29) is 19.8 Å². The van der Waals surface area contributed by atoms with E-state index in [0.717, 1.165) is 35.8 Å². The van der Waals surface area contributed by atoms with Gasteiger partial charge in [-0.2, -0.15) is 0 Å². The van der Waals surface area contributed by atoms with Crippen LogP contribution in [0.5, 0.6) is 0 Å². The Balaban J connectivity index is 0.000000188. The Kier molecular flexibility index (Phi) is 10.0. The molecule has 4 rings (SSSR count). The Morgan fingerprint density at radius 2 is 1.58 bits per heavy atom. The fourth-order valence-electron chi connectivity index (χ4n) is 3.28. The average molecular weight is 368 g/mol. The molecule has 0 radical (unpaired) electrons. The smallest absolute Gasteiger partial charge is 0.338 e. The number of carbonyl (C=O) groups is 2. The fourth-order valence-corrected chi connectivity index (χ4v) is 3.28. The van der Waals surface area contributed by atoms with Crippen LogP contribution >= 0.6 is 0 Å². The summed E-state index contributed by atoms with van der Waals surface area (Å²) in [5.41, 5.74) is 0. The van der Waals surface area contributed by atoms with Gasteiger partial charge in [0.1, 0.15) is 0 Å². The molecule has 4 aliphatic rings. The van der Waals surface area contributed by atoms with E-state index in [0.29, 0.717) is 0 Å². The number of esters is 2. The summed E-state index contributed by atoms with van der Waals surface area (Å²) >= 11 is 0. The van der Waals surface area contributed by atoms with E-state index in [4.69, 9.17) is 20.4 Å². The predicted molar refractivity (Wildman–Crippen MR) is 94.7 cm³/mol. The predicted octanol–water partition coefficient (Wildman–Crippen LogP) is 0.341. The van der Waals surface area contributed by atoms with Crippen LogP contribution in [-0.2, 0) is 14.3 Å². The summed E-state index contributed by atoms with van der Waals surface area (Å²) in [6.07, 6.45) is 14.1. The van der Waals surface area contributed by atoms with Gasteiger partial charge in [0.25, 0.3) is 0 Å². The highest BCUT2D eigenvalue weighted by Gasteiger charge is 2.44. The Morgan fingerprint density at radius 3 is 1.96 bits per heavy atom. The molecule has 0 amide bonds. The zero-order valence-corrected chi connectivity index (χ0v) is 14.9. The minimum Gasteiger partial charge on any atom is -0.394 e. The third-order valence-electron chi connectivity index (χ3n) is 4.38. The van der Waals surface area contributed by atoms with E-state index >= 15 is 0 Å². The van der Waals surface area contributed by atoms with E-state index in [1.807, 2.05) is 0 Å². The van der Waals surface area contributed by atoms with Gasteiger partial charge >= 0.3 is 11.9 Å². The lowest BCUT2D eigenvalue weighted by Crippen LogP contribution is -2.12. The number of hydrogen-bond acceptors (Lipinski definition) is 7. The summed E-state index contributed by atoms with van der Waals surface area (Å²) in [4.78, 5) is 19.8. The van der Waals surface area contributed by atoms with Gasteiger partial charge in [-0.3, -0.25) is 0 Å². The van der Waals surface area contributed by atoms with Crippen molar-refractivity contribution in [3.8, 4) is 0 Å². The van der Waals surface area contributed by atoms with Gasteiger partial charge in [-0.05, 0) is 43.4 Å². The largest absolute Gasteiger partial charge is 0.394 e. The summed E-state index contributed by atoms with van der Waals surface area (Å²) in [5, 5.41) is 31.3. The van der Waals surface area contributed by atoms with Crippen molar-refractivity contribution in [3.63, 3.8) is 0 Å². The van der Waals surface area contributed by atoms with Crippen molar-refractivity contribution in [3.05, 3.63) is 36.5 Å². The molecule has 0 saturated heterocycles. The molecule has 1 heterocycles. The molecule has 1 saturated carbocycles. The zero-order valence-electron chi connectivity index (χ0n) is 14.9. The molecule has 0 aromatic carbocycles. The van der Waals surface area contributed by atoms with Crippen molar-refractivity contribution in [2.24, 2.45) is 23.7 Å². The number of allylic oxidation sites excluding steroid dienone is 4. The van der Waals surface area contributed by atoms with Gasteiger partial charge in [-0.15, -0.1) is 0 Å². The fraction of sp³-hybridized carbons (Fsp3) is 0.579. The summed E-state index contributed by atoms with van der Waals surface area (Å²) in [5.74, 6) is 2.67. The van der Waals surface area contributed by atoms with Crippen LogP contribution in [0.2, 0.25) is 0 Å². The van der Waals surface area contributed by atoms with Gasteiger partial charge in [0, 0.05) is 12.2 Å². The van der Waals surface area contributed by atoms with E-state index in [9.17, 15) is 9.59 Å². The van der Waals surface area contributed by atoms with E-state index in [1.165, 1.54) is 19.8 Å². The first kappa shape index (κ1) is 22.2. The van der Waals surface area contributed by atoms with Crippen molar-refractivity contribution in [1.29, 1.82) is 0 Å². The van der Waals surface area contributed by atoms with E-state index in [1.54, 1.807) is 0 Å². The van der Waals surface area contributed by atoms with Gasteiger partial charge in [-0.1, -0.05) is 24.3 Å². The molecule has 1 fully saturated rings. The van der Waals surface area contributed by atoms with Crippen LogP contribution in [0.25, 0.3) is 0 Å². The van der Waals surface area contributed by atoms with Gasteiger partial charge < -0.3 is 25.2 Å². The standard InChI is InChI=1S/C10H12.C4H2O3.C3H8O2.C2H6O2/c1-2-9-7-4-5-8(6-7)10(9)3-1;5-3-1-2-4(6)7-3;1-3(5)2-4;3-1-2-4/h1-2,4-5,7-10H,3,6H2;1-2H;3-5H,2H2,1H3;3-4H,1-2H2. The minimum atomic E-state index is -0.579.